The van der Waals surface area contributed by atoms with Crippen molar-refractivity contribution in [3.8, 4) is 23.0 Å². The summed E-state index contributed by atoms with van der Waals surface area (Å²) in [5.41, 5.74) is 2.60. The van der Waals surface area contributed by atoms with Gasteiger partial charge in [-0.1, -0.05) is 6.07 Å². The van der Waals surface area contributed by atoms with Crippen molar-refractivity contribution < 1.29 is 28.5 Å². The Bertz CT molecular complexity index is 841. The number of hydrogen-bond donors (Lipinski definition) is 0. The van der Waals surface area contributed by atoms with E-state index in [2.05, 4.69) is 0 Å². The number of esters is 1. The van der Waals surface area contributed by atoms with Crippen LogP contribution in [-0.4, -0.2) is 33.9 Å². The summed E-state index contributed by atoms with van der Waals surface area (Å²) in [5, 5.41) is 0. The van der Waals surface area contributed by atoms with E-state index in [1.807, 2.05) is 32.0 Å². The van der Waals surface area contributed by atoms with E-state index in [1.54, 1.807) is 39.5 Å². The number of benzene rings is 2. The van der Waals surface area contributed by atoms with Crippen LogP contribution in [0, 0.1) is 6.92 Å². The Hall–Kier alpha value is -3.15. The molecule has 6 heteroatoms. The summed E-state index contributed by atoms with van der Waals surface area (Å²) in [6, 6.07) is 9.11. The number of carbonyl (C=O) groups excluding carboxylic acids is 1. The Balaban J connectivity index is 2.03. The summed E-state index contributed by atoms with van der Waals surface area (Å²) in [4.78, 5) is 12.1. The average Bonchev–Trinajstić information content (AvgIpc) is 2.71. The van der Waals surface area contributed by atoms with Gasteiger partial charge in [-0.25, -0.2) is 4.79 Å². The van der Waals surface area contributed by atoms with E-state index in [1.165, 1.54) is 6.08 Å². The summed E-state index contributed by atoms with van der Waals surface area (Å²) >= 11 is 0. The Labute approximate surface area is 165 Å². The van der Waals surface area contributed by atoms with Gasteiger partial charge in [0, 0.05) is 6.08 Å². The molecule has 0 N–H and O–H groups in total. The third-order valence-electron chi connectivity index (χ3n) is 4.11. The number of methoxy groups -OCH3 is 3. The zero-order chi connectivity index (χ0) is 20.5. The second-order valence-corrected chi connectivity index (χ2v) is 5.92. The largest absolute Gasteiger partial charge is 0.493 e. The fourth-order valence-corrected chi connectivity index (χ4v) is 2.60. The molecule has 0 aliphatic rings. The molecular formula is C22H26O6. The molecule has 0 saturated carbocycles. The zero-order valence-corrected chi connectivity index (χ0v) is 16.9. The molecule has 0 saturated heterocycles. The van der Waals surface area contributed by atoms with Gasteiger partial charge in [-0.15, -0.1) is 0 Å². The van der Waals surface area contributed by atoms with Crippen molar-refractivity contribution in [1.29, 1.82) is 0 Å². The van der Waals surface area contributed by atoms with Crippen LogP contribution < -0.4 is 18.9 Å². The molecular weight excluding hydrogens is 360 g/mol. The SMILES string of the molecule is CCOc1ccc(/C=C/C(=O)OCc2cc(OC)c(OC)cc2C)cc1OC. The van der Waals surface area contributed by atoms with E-state index >= 15 is 0 Å². The van der Waals surface area contributed by atoms with Crippen LogP contribution in [0.25, 0.3) is 6.08 Å². The van der Waals surface area contributed by atoms with Gasteiger partial charge in [-0.2, -0.15) is 0 Å². The first-order valence-electron chi connectivity index (χ1n) is 8.89. The number of aryl methyl sites for hydroxylation is 1. The molecule has 0 radical (unpaired) electrons. The van der Waals surface area contributed by atoms with Crippen molar-refractivity contribution in [3.63, 3.8) is 0 Å². The van der Waals surface area contributed by atoms with Crippen LogP contribution in [0.4, 0.5) is 0 Å². The van der Waals surface area contributed by atoms with Crippen molar-refractivity contribution in [2.45, 2.75) is 20.5 Å². The summed E-state index contributed by atoms with van der Waals surface area (Å²) < 4.78 is 26.7. The molecule has 0 bridgehead atoms. The van der Waals surface area contributed by atoms with Gasteiger partial charge >= 0.3 is 5.97 Å². The lowest BCUT2D eigenvalue weighted by atomic mass is 10.1. The highest BCUT2D eigenvalue weighted by Gasteiger charge is 2.10. The van der Waals surface area contributed by atoms with Crippen molar-refractivity contribution in [2.24, 2.45) is 0 Å². The summed E-state index contributed by atoms with van der Waals surface area (Å²) in [6.07, 6.45) is 3.05. The van der Waals surface area contributed by atoms with E-state index in [4.69, 9.17) is 23.7 Å². The standard InChI is InChI=1S/C22H26O6/c1-6-27-18-9-7-16(12-20(18)25-4)8-10-22(23)28-14-17-13-21(26-5)19(24-3)11-15(17)2/h7-13H,6,14H2,1-5H3/b10-8+. The van der Waals surface area contributed by atoms with E-state index < -0.39 is 5.97 Å². The van der Waals surface area contributed by atoms with Gasteiger partial charge in [0.25, 0.3) is 0 Å². The third kappa shape index (κ3) is 5.42. The molecule has 2 aromatic carbocycles. The predicted octanol–water partition coefficient (Wildman–Crippen LogP) is 4.18. The maximum atomic E-state index is 12.1. The maximum Gasteiger partial charge on any atom is 0.331 e. The summed E-state index contributed by atoms with van der Waals surface area (Å²) in [5.74, 6) is 2.06. The minimum atomic E-state index is -0.443. The van der Waals surface area contributed by atoms with Crippen molar-refractivity contribution >= 4 is 12.0 Å². The fraction of sp³-hybridized carbons (Fsp3) is 0.318. The highest BCUT2D eigenvalue weighted by molar-refractivity contribution is 5.87. The van der Waals surface area contributed by atoms with Gasteiger partial charge < -0.3 is 23.7 Å². The quantitative estimate of drug-likeness (QED) is 0.476. The molecule has 0 fully saturated rings. The first kappa shape index (κ1) is 21.2. The molecule has 2 rings (SSSR count). The number of rotatable bonds is 9. The monoisotopic (exact) mass is 386 g/mol. The van der Waals surface area contributed by atoms with Gasteiger partial charge in [0.1, 0.15) is 6.61 Å². The molecule has 0 aliphatic heterocycles. The van der Waals surface area contributed by atoms with E-state index in [9.17, 15) is 4.79 Å². The van der Waals surface area contributed by atoms with E-state index in [0.717, 1.165) is 16.7 Å². The minimum absolute atomic E-state index is 0.141. The van der Waals surface area contributed by atoms with Crippen LogP contribution in [-0.2, 0) is 16.1 Å². The smallest absolute Gasteiger partial charge is 0.331 e. The van der Waals surface area contributed by atoms with Gasteiger partial charge in [0.15, 0.2) is 23.0 Å². The Morgan fingerprint density at radius 2 is 1.57 bits per heavy atom. The predicted molar refractivity (Wildman–Crippen MR) is 107 cm³/mol. The Kier molecular flexibility index (Phi) is 7.75. The zero-order valence-electron chi connectivity index (χ0n) is 16.9. The Morgan fingerprint density at radius 3 is 2.21 bits per heavy atom. The highest BCUT2D eigenvalue weighted by Crippen LogP contribution is 2.31. The number of ether oxygens (including phenoxy) is 5. The third-order valence-corrected chi connectivity index (χ3v) is 4.11. The maximum absolute atomic E-state index is 12.1. The molecule has 28 heavy (non-hydrogen) atoms. The normalized spacial score (nSPS) is 10.6. The fourth-order valence-electron chi connectivity index (χ4n) is 2.60. The van der Waals surface area contributed by atoms with Crippen LogP contribution in [0.1, 0.15) is 23.6 Å². The molecule has 0 spiro atoms. The lowest BCUT2D eigenvalue weighted by molar-refractivity contribution is -0.138. The topological polar surface area (TPSA) is 63.2 Å². The van der Waals surface area contributed by atoms with Crippen LogP contribution in [0.3, 0.4) is 0 Å². The molecule has 2 aromatic rings. The second-order valence-electron chi connectivity index (χ2n) is 5.92. The first-order chi connectivity index (χ1) is 13.5. The van der Waals surface area contributed by atoms with Crippen LogP contribution in [0.2, 0.25) is 0 Å². The van der Waals surface area contributed by atoms with Gasteiger partial charge in [-0.3, -0.25) is 0 Å². The molecule has 0 aromatic heterocycles. The minimum Gasteiger partial charge on any atom is -0.493 e. The molecule has 6 nitrogen and oxygen atoms in total. The van der Waals surface area contributed by atoms with Crippen molar-refractivity contribution in [3.05, 3.63) is 53.1 Å². The van der Waals surface area contributed by atoms with Gasteiger partial charge in [0.05, 0.1) is 27.9 Å². The van der Waals surface area contributed by atoms with Crippen LogP contribution in [0.5, 0.6) is 23.0 Å². The van der Waals surface area contributed by atoms with E-state index in [-0.39, 0.29) is 6.61 Å². The van der Waals surface area contributed by atoms with Crippen molar-refractivity contribution in [2.75, 3.05) is 27.9 Å². The Morgan fingerprint density at radius 1 is 0.929 bits per heavy atom. The molecule has 150 valence electrons. The lowest BCUT2D eigenvalue weighted by Gasteiger charge is -2.12. The van der Waals surface area contributed by atoms with E-state index in [0.29, 0.717) is 29.6 Å². The molecule has 0 amide bonds. The second kappa shape index (κ2) is 10.3. The highest BCUT2D eigenvalue weighted by atomic mass is 16.5. The molecule has 0 heterocycles. The lowest BCUT2D eigenvalue weighted by Crippen LogP contribution is -2.03. The summed E-state index contributed by atoms with van der Waals surface area (Å²) in [6.45, 7) is 4.52. The first-order valence-corrected chi connectivity index (χ1v) is 8.89. The molecule has 0 unspecified atom stereocenters. The number of hydrogen-bond acceptors (Lipinski definition) is 6. The molecule has 0 aliphatic carbocycles. The molecule has 0 atom stereocenters. The van der Waals surface area contributed by atoms with Crippen LogP contribution in [0.15, 0.2) is 36.4 Å². The van der Waals surface area contributed by atoms with Gasteiger partial charge in [0.2, 0.25) is 0 Å². The average molecular weight is 386 g/mol. The van der Waals surface area contributed by atoms with Crippen LogP contribution >= 0.6 is 0 Å². The summed E-state index contributed by atoms with van der Waals surface area (Å²) in [7, 11) is 4.72. The van der Waals surface area contributed by atoms with Gasteiger partial charge in [-0.05, 0) is 60.9 Å². The van der Waals surface area contributed by atoms with Crippen molar-refractivity contribution in [1.82, 2.24) is 0 Å². The number of carbonyl (C=O) groups is 1.